The van der Waals surface area contributed by atoms with Gasteiger partial charge in [0.25, 0.3) is 0 Å². The molecule has 3 aromatic carbocycles. The number of hydrogen-bond donors (Lipinski definition) is 0. The maximum absolute atomic E-state index is 12.6. The Balaban J connectivity index is 1.63. The van der Waals surface area contributed by atoms with Gasteiger partial charge in [0, 0.05) is 0 Å². The molecule has 0 heterocycles. The molecule has 0 fully saturated rings. The van der Waals surface area contributed by atoms with Crippen LogP contribution in [0.5, 0.6) is 0 Å². The van der Waals surface area contributed by atoms with Crippen molar-refractivity contribution in [2.24, 2.45) is 5.41 Å². The van der Waals surface area contributed by atoms with Gasteiger partial charge < -0.3 is 14.2 Å². The highest BCUT2D eigenvalue weighted by molar-refractivity contribution is 5.94. The number of aryl methyl sites for hydroxylation is 9. The quantitative estimate of drug-likeness (QED) is 0.0906. The van der Waals surface area contributed by atoms with E-state index in [1.54, 1.807) is 77.9 Å². The smallest absolute Gasteiger partial charge is 0.431 e. The molecule has 0 saturated heterocycles. The van der Waals surface area contributed by atoms with Gasteiger partial charge in [0.2, 0.25) is 0 Å². The number of hydrogen-bond acceptors (Lipinski definition) is 15. The van der Waals surface area contributed by atoms with Gasteiger partial charge in [0.05, 0.1) is 22.1 Å². The first kappa shape index (κ1) is 41.3. The summed E-state index contributed by atoms with van der Waals surface area (Å²) in [6, 6.07) is 10.5. The molecule has 0 unspecified atom stereocenters. The van der Waals surface area contributed by atoms with Crippen LogP contribution < -0.4 is 0 Å². The van der Waals surface area contributed by atoms with Gasteiger partial charge in [-0.1, -0.05) is 53.1 Å². The van der Waals surface area contributed by atoms with Crippen molar-refractivity contribution in [2.75, 3.05) is 19.8 Å². The van der Waals surface area contributed by atoms with E-state index in [0.717, 1.165) is 16.7 Å². The van der Waals surface area contributed by atoms with Crippen LogP contribution in [-0.4, -0.2) is 56.2 Å². The van der Waals surface area contributed by atoms with E-state index in [9.17, 15) is 28.8 Å². The second-order valence-electron chi connectivity index (χ2n) is 13.1. The molecule has 0 N–H and O–H groups in total. The van der Waals surface area contributed by atoms with Crippen LogP contribution in [0.25, 0.3) is 0 Å². The lowest BCUT2D eigenvalue weighted by atomic mass is 9.94. The Morgan fingerprint density at radius 2 is 0.604 bits per heavy atom. The molecule has 0 aromatic heterocycles. The molecule has 3 rings (SSSR count). The van der Waals surface area contributed by atoms with Gasteiger partial charge in [-0.05, 0) is 103 Å². The van der Waals surface area contributed by atoms with E-state index >= 15 is 0 Å². The molecule has 0 bridgehead atoms. The first-order valence-electron chi connectivity index (χ1n) is 16.2. The molecule has 0 spiro atoms. The zero-order chi connectivity index (χ0) is 39.6. The summed E-state index contributed by atoms with van der Waals surface area (Å²) >= 11 is 0. The van der Waals surface area contributed by atoms with Crippen LogP contribution in [0.15, 0.2) is 36.4 Å². The Kier molecular flexibility index (Phi) is 13.9. The van der Waals surface area contributed by atoms with Crippen LogP contribution in [0.1, 0.15) is 88.1 Å². The summed E-state index contributed by atoms with van der Waals surface area (Å²) in [5.41, 5.74) is 5.30. The third kappa shape index (κ3) is 11.7. The summed E-state index contributed by atoms with van der Waals surface area (Å²) in [6.45, 7) is 15.0. The van der Waals surface area contributed by atoms with E-state index in [2.05, 4.69) is 29.3 Å². The zero-order valence-electron chi connectivity index (χ0n) is 31.2. The Hall–Kier alpha value is -6.12. The topological polar surface area (TPSA) is 185 Å². The summed E-state index contributed by atoms with van der Waals surface area (Å²) in [7, 11) is 0. The van der Waals surface area contributed by atoms with Crippen LogP contribution in [0, 0.1) is 67.7 Å². The lowest BCUT2D eigenvalue weighted by molar-refractivity contribution is -0.216. The molecule has 15 nitrogen and oxygen atoms in total. The molecule has 0 amide bonds. The van der Waals surface area contributed by atoms with Gasteiger partial charge in [-0.15, -0.1) is 0 Å². The third-order valence-electron chi connectivity index (χ3n) is 7.82. The Labute approximate surface area is 306 Å². The van der Waals surface area contributed by atoms with Crippen LogP contribution in [0.3, 0.4) is 0 Å². The molecule has 0 aliphatic rings. The summed E-state index contributed by atoms with van der Waals surface area (Å²) < 4.78 is 15.1. The highest BCUT2D eigenvalue weighted by Crippen LogP contribution is 2.23. The van der Waals surface area contributed by atoms with Gasteiger partial charge in [-0.3, -0.25) is 0 Å². The van der Waals surface area contributed by atoms with E-state index in [1.165, 1.54) is 6.92 Å². The number of rotatable bonds is 9. The van der Waals surface area contributed by atoms with Crippen molar-refractivity contribution in [1.82, 2.24) is 0 Å². The second kappa shape index (κ2) is 17.9. The third-order valence-corrected chi connectivity index (χ3v) is 7.82. The molecule has 284 valence electrons. The lowest BCUT2D eigenvalue weighted by Crippen LogP contribution is -2.37. The molecular formula is C38H42O15. The van der Waals surface area contributed by atoms with Crippen molar-refractivity contribution in [2.45, 2.75) is 69.2 Å². The zero-order valence-corrected chi connectivity index (χ0v) is 31.2. The summed E-state index contributed by atoms with van der Waals surface area (Å²) in [5.74, 6) is -2.85. The monoisotopic (exact) mass is 738 g/mol. The predicted octanol–water partition coefficient (Wildman–Crippen LogP) is 7.54. The first-order chi connectivity index (χ1) is 24.8. The number of benzene rings is 3. The molecular weight excluding hydrogens is 696 g/mol. The average Bonchev–Trinajstić information content (AvgIpc) is 3.05. The first-order valence-corrected chi connectivity index (χ1v) is 16.2. The van der Waals surface area contributed by atoms with Crippen molar-refractivity contribution in [3.8, 4) is 0 Å². The van der Waals surface area contributed by atoms with Gasteiger partial charge in [-0.2, -0.15) is 14.4 Å². The second-order valence-corrected chi connectivity index (χ2v) is 13.1. The summed E-state index contributed by atoms with van der Waals surface area (Å²) in [6.07, 6.45) is -4.40. The van der Waals surface area contributed by atoms with Crippen LogP contribution in [0.4, 0.5) is 14.4 Å². The van der Waals surface area contributed by atoms with Gasteiger partial charge in [0.1, 0.15) is 19.8 Å². The van der Waals surface area contributed by atoms with E-state index in [0.29, 0.717) is 33.4 Å². The van der Waals surface area contributed by atoms with Gasteiger partial charge in [-0.25, -0.2) is 43.7 Å². The van der Waals surface area contributed by atoms with E-state index in [-0.39, 0.29) is 16.7 Å². The lowest BCUT2D eigenvalue weighted by Gasteiger charge is -2.26. The van der Waals surface area contributed by atoms with Crippen molar-refractivity contribution >= 4 is 36.4 Å². The van der Waals surface area contributed by atoms with Gasteiger partial charge in [0.15, 0.2) is 0 Å². The number of ether oxygens (including phenoxy) is 3. The standard InChI is InChI=1S/C38H42O15/c1-20-11-23(4)29(24(5)12-20)32(39)48-51-35(42)45-17-38(10,18-46-36(43)52-49-33(40)30-25(6)13-21(2)14-26(30)7)19-47-37(44)53-50-34(41)31-27(8)15-22(3)16-28(31)9/h11-16H,17-19H2,1-10H3. The Morgan fingerprint density at radius 3 is 0.811 bits per heavy atom. The minimum absolute atomic E-state index is 0.189. The molecule has 0 radical (unpaired) electrons. The van der Waals surface area contributed by atoms with Crippen molar-refractivity contribution < 1.29 is 72.3 Å². The molecule has 15 heteroatoms. The Morgan fingerprint density at radius 1 is 0.396 bits per heavy atom. The minimum Gasteiger partial charge on any atom is -0.431 e. The molecule has 0 atom stereocenters. The largest absolute Gasteiger partial charge is 0.549 e. The summed E-state index contributed by atoms with van der Waals surface area (Å²) in [5, 5.41) is 0. The molecule has 0 aliphatic heterocycles. The number of carbonyl (C=O) groups excluding carboxylic acids is 6. The maximum Gasteiger partial charge on any atom is 0.549 e. The van der Waals surface area contributed by atoms with Crippen molar-refractivity contribution in [3.05, 3.63) is 103 Å². The van der Waals surface area contributed by atoms with E-state index in [1.807, 2.05) is 20.8 Å². The molecule has 3 aromatic rings. The number of carbonyl (C=O) groups is 6. The van der Waals surface area contributed by atoms with Crippen molar-refractivity contribution in [1.29, 1.82) is 0 Å². The molecule has 0 saturated carbocycles. The van der Waals surface area contributed by atoms with Crippen LogP contribution in [0.2, 0.25) is 0 Å². The Bertz CT molecular complexity index is 1620. The van der Waals surface area contributed by atoms with E-state index in [4.69, 9.17) is 14.2 Å². The van der Waals surface area contributed by atoms with Crippen molar-refractivity contribution in [3.63, 3.8) is 0 Å². The fourth-order valence-corrected chi connectivity index (χ4v) is 5.74. The maximum atomic E-state index is 12.6. The average molecular weight is 739 g/mol. The highest BCUT2D eigenvalue weighted by Gasteiger charge is 2.33. The van der Waals surface area contributed by atoms with Crippen LogP contribution >= 0.6 is 0 Å². The predicted molar refractivity (Wildman–Crippen MR) is 184 cm³/mol. The minimum atomic E-state index is -1.56. The summed E-state index contributed by atoms with van der Waals surface area (Å²) in [4.78, 5) is 103. The molecule has 53 heavy (non-hydrogen) atoms. The fourth-order valence-electron chi connectivity index (χ4n) is 5.74. The normalized spacial score (nSPS) is 10.8. The SMILES string of the molecule is Cc1cc(C)c(C(=O)OOC(=O)OCC(C)(COC(=O)OOC(=O)c2c(C)cc(C)cc2C)COC(=O)OOC(=O)c2c(C)cc(C)cc2C)c(C)c1. The fraction of sp³-hybridized carbons (Fsp3) is 0.368. The highest BCUT2D eigenvalue weighted by atomic mass is 17.2. The molecule has 0 aliphatic carbocycles. The van der Waals surface area contributed by atoms with E-state index < -0.39 is 61.6 Å². The van der Waals surface area contributed by atoms with Crippen LogP contribution in [-0.2, 0) is 43.5 Å². The van der Waals surface area contributed by atoms with Gasteiger partial charge >= 0.3 is 36.4 Å².